The highest BCUT2D eigenvalue weighted by atomic mass is 14.2. The molecule has 2 saturated carbocycles. The molecule has 0 N–H and O–H groups in total. The van der Waals surface area contributed by atoms with Gasteiger partial charge in [0.05, 0.1) is 0 Å². The third-order valence-corrected chi connectivity index (χ3v) is 5.83. The molecule has 3 rings (SSSR count). The maximum atomic E-state index is 2.49. The summed E-state index contributed by atoms with van der Waals surface area (Å²) in [6.45, 7) is 2.26. The van der Waals surface area contributed by atoms with E-state index in [2.05, 4.69) is 25.1 Å². The van der Waals surface area contributed by atoms with Crippen LogP contribution in [0.4, 0.5) is 0 Å². The average molecular weight is 284 g/mol. The smallest absolute Gasteiger partial charge is 0.0248 e. The molecule has 0 heteroatoms. The van der Waals surface area contributed by atoms with Crippen molar-refractivity contribution in [1.82, 2.24) is 0 Å². The van der Waals surface area contributed by atoms with E-state index < -0.39 is 0 Å². The van der Waals surface area contributed by atoms with Gasteiger partial charge in [-0.3, -0.25) is 0 Å². The zero-order valence-corrected chi connectivity index (χ0v) is 13.9. The van der Waals surface area contributed by atoms with Crippen molar-refractivity contribution in [2.45, 2.75) is 84.0 Å². The maximum Gasteiger partial charge on any atom is -0.0248 e. The largest absolute Gasteiger partial charge is 0.0590 e. The highest BCUT2D eigenvalue weighted by Gasteiger charge is 2.18. The highest BCUT2D eigenvalue weighted by molar-refractivity contribution is 5.32. The summed E-state index contributed by atoms with van der Waals surface area (Å²) >= 11 is 0. The first kappa shape index (κ1) is 15.1. The van der Waals surface area contributed by atoms with Crippen molar-refractivity contribution < 1.29 is 0 Å². The molecule has 0 heterocycles. The Bertz CT molecular complexity index is 433. The first-order chi connectivity index (χ1) is 10.3. The van der Waals surface area contributed by atoms with Crippen LogP contribution in [0.15, 0.2) is 18.2 Å². The summed E-state index contributed by atoms with van der Waals surface area (Å²) in [5.41, 5.74) is 4.82. The van der Waals surface area contributed by atoms with Gasteiger partial charge in [0.2, 0.25) is 0 Å². The lowest BCUT2D eigenvalue weighted by atomic mass is 9.80. The van der Waals surface area contributed by atoms with Crippen molar-refractivity contribution in [3.05, 3.63) is 34.9 Å². The Balaban J connectivity index is 1.69. The van der Waals surface area contributed by atoms with Crippen LogP contribution in [-0.4, -0.2) is 0 Å². The van der Waals surface area contributed by atoms with Gasteiger partial charge in [-0.2, -0.15) is 0 Å². The zero-order valence-electron chi connectivity index (χ0n) is 13.9. The van der Waals surface area contributed by atoms with Crippen LogP contribution in [0.3, 0.4) is 0 Å². The normalized spacial score (nSPS) is 21.6. The topological polar surface area (TPSA) is 0 Å². The van der Waals surface area contributed by atoms with E-state index in [1.165, 1.54) is 82.6 Å². The summed E-state index contributed by atoms with van der Waals surface area (Å²) in [5, 5.41) is 0. The summed E-state index contributed by atoms with van der Waals surface area (Å²) in [6.07, 6.45) is 17.4. The van der Waals surface area contributed by atoms with Crippen molar-refractivity contribution >= 4 is 0 Å². The fraction of sp³-hybridized carbons (Fsp3) is 0.714. The van der Waals surface area contributed by atoms with Crippen LogP contribution in [0.25, 0.3) is 0 Å². The van der Waals surface area contributed by atoms with Crippen molar-refractivity contribution in [1.29, 1.82) is 0 Å². The SMILES string of the molecule is Cc1ccc(CC2CCCCC2)c(CC2CCCCC2)c1. The minimum Gasteiger partial charge on any atom is -0.0590 e. The number of hydrogen-bond acceptors (Lipinski definition) is 0. The van der Waals surface area contributed by atoms with Gasteiger partial charge < -0.3 is 0 Å². The second-order valence-electron chi connectivity index (χ2n) is 7.69. The van der Waals surface area contributed by atoms with Crippen LogP contribution in [-0.2, 0) is 12.8 Å². The predicted molar refractivity (Wildman–Crippen MR) is 91.7 cm³/mol. The number of benzene rings is 1. The Morgan fingerprint density at radius 2 is 1.24 bits per heavy atom. The minimum atomic E-state index is 0.964. The highest BCUT2D eigenvalue weighted by Crippen LogP contribution is 2.31. The molecular formula is C21H32. The molecule has 0 unspecified atom stereocenters. The second-order valence-corrected chi connectivity index (χ2v) is 7.69. The van der Waals surface area contributed by atoms with Gasteiger partial charge in [-0.25, -0.2) is 0 Å². The molecule has 0 radical (unpaired) electrons. The van der Waals surface area contributed by atoms with Crippen LogP contribution in [0.1, 0.15) is 80.9 Å². The van der Waals surface area contributed by atoms with Gasteiger partial charge in [0.1, 0.15) is 0 Å². The third kappa shape index (κ3) is 4.34. The summed E-state index contributed by atoms with van der Waals surface area (Å²) in [6, 6.07) is 7.28. The first-order valence-corrected chi connectivity index (χ1v) is 9.39. The van der Waals surface area contributed by atoms with Gasteiger partial charge in [-0.15, -0.1) is 0 Å². The minimum absolute atomic E-state index is 0.964. The van der Waals surface area contributed by atoms with Crippen molar-refractivity contribution in [2.24, 2.45) is 11.8 Å². The molecule has 0 spiro atoms. The van der Waals surface area contributed by atoms with Gasteiger partial charge in [0.25, 0.3) is 0 Å². The standard InChI is InChI=1S/C21H32/c1-17-12-13-20(15-18-8-4-2-5-9-18)21(14-17)16-19-10-6-3-7-11-19/h12-14,18-19H,2-11,15-16H2,1H3. The maximum absolute atomic E-state index is 2.49. The summed E-state index contributed by atoms with van der Waals surface area (Å²) in [7, 11) is 0. The number of aryl methyl sites for hydroxylation is 1. The van der Waals surface area contributed by atoms with Crippen LogP contribution in [0, 0.1) is 18.8 Å². The van der Waals surface area contributed by atoms with E-state index in [-0.39, 0.29) is 0 Å². The van der Waals surface area contributed by atoms with E-state index in [9.17, 15) is 0 Å². The Labute approximate surface area is 131 Å². The lowest BCUT2D eigenvalue weighted by molar-refractivity contribution is 0.347. The van der Waals surface area contributed by atoms with Crippen molar-refractivity contribution in [2.75, 3.05) is 0 Å². The van der Waals surface area contributed by atoms with E-state index in [0.717, 1.165) is 11.8 Å². The number of hydrogen-bond donors (Lipinski definition) is 0. The second kappa shape index (κ2) is 7.47. The van der Waals surface area contributed by atoms with Crippen LogP contribution < -0.4 is 0 Å². The van der Waals surface area contributed by atoms with E-state index in [1.807, 2.05) is 0 Å². The molecular weight excluding hydrogens is 252 g/mol. The molecule has 0 saturated heterocycles. The molecule has 0 aromatic heterocycles. The van der Waals surface area contributed by atoms with Gasteiger partial charge >= 0.3 is 0 Å². The Morgan fingerprint density at radius 1 is 0.714 bits per heavy atom. The lowest BCUT2D eigenvalue weighted by Gasteiger charge is -2.25. The molecule has 0 nitrogen and oxygen atoms in total. The fourth-order valence-corrected chi connectivity index (χ4v) is 4.55. The molecule has 0 atom stereocenters. The zero-order chi connectivity index (χ0) is 14.5. The molecule has 21 heavy (non-hydrogen) atoms. The molecule has 116 valence electrons. The molecule has 2 fully saturated rings. The molecule has 0 amide bonds. The molecule has 1 aromatic carbocycles. The first-order valence-electron chi connectivity index (χ1n) is 9.39. The summed E-state index contributed by atoms with van der Waals surface area (Å²) in [5.74, 6) is 1.93. The molecule has 0 aliphatic heterocycles. The Kier molecular flexibility index (Phi) is 5.38. The van der Waals surface area contributed by atoms with E-state index in [4.69, 9.17) is 0 Å². The van der Waals surface area contributed by atoms with Crippen LogP contribution >= 0.6 is 0 Å². The molecule has 2 aliphatic rings. The van der Waals surface area contributed by atoms with E-state index in [1.54, 1.807) is 11.1 Å². The fourth-order valence-electron chi connectivity index (χ4n) is 4.55. The van der Waals surface area contributed by atoms with Gasteiger partial charge in [0.15, 0.2) is 0 Å². The van der Waals surface area contributed by atoms with Gasteiger partial charge in [0, 0.05) is 0 Å². The Morgan fingerprint density at radius 3 is 1.81 bits per heavy atom. The lowest BCUT2D eigenvalue weighted by Crippen LogP contribution is -2.14. The van der Waals surface area contributed by atoms with Crippen LogP contribution in [0.5, 0.6) is 0 Å². The molecule has 2 aliphatic carbocycles. The molecule has 0 bridgehead atoms. The quantitative estimate of drug-likeness (QED) is 0.614. The van der Waals surface area contributed by atoms with Gasteiger partial charge in [-0.1, -0.05) is 88.0 Å². The molecule has 1 aromatic rings. The van der Waals surface area contributed by atoms with Crippen molar-refractivity contribution in [3.63, 3.8) is 0 Å². The average Bonchev–Trinajstić information content (AvgIpc) is 2.52. The van der Waals surface area contributed by atoms with Gasteiger partial charge in [-0.05, 0) is 42.7 Å². The summed E-state index contributed by atoms with van der Waals surface area (Å²) < 4.78 is 0. The van der Waals surface area contributed by atoms with Crippen molar-refractivity contribution in [3.8, 4) is 0 Å². The third-order valence-electron chi connectivity index (χ3n) is 5.83. The van der Waals surface area contributed by atoms with E-state index >= 15 is 0 Å². The van der Waals surface area contributed by atoms with E-state index in [0.29, 0.717) is 0 Å². The summed E-state index contributed by atoms with van der Waals surface area (Å²) in [4.78, 5) is 0. The predicted octanol–water partition coefficient (Wildman–Crippen LogP) is 6.24. The Hall–Kier alpha value is -0.780. The van der Waals surface area contributed by atoms with Crippen LogP contribution in [0.2, 0.25) is 0 Å². The number of rotatable bonds is 4. The monoisotopic (exact) mass is 284 g/mol.